The van der Waals surface area contributed by atoms with E-state index in [4.69, 9.17) is 0 Å². The smallest absolute Gasteiger partial charge is 0.224 e. The minimum absolute atomic E-state index is 0.0690. The molecule has 3 nitrogen and oxygen atoms in total. The molecule has 0 aromatic heterocycles. The maximum Gasteiger partial charge on any atom is 0.224 e. The quantitative estimate of drug-likeness (QED) is 0.840. The van der Waals surface area contributed by atoms with E-state index in [2.05, 4.69) is 10.1 Å². The van der Waals surface area contributed by atoms with Crippen LogP contribution < -0.4 is 10.1 Å². The average molecular weight is 215 g/mol. The van der Waals surface area contributed by atoms with E-state index in [-0.39, 0.29) is 12.2 Å². The minimum Gasteiger partial charge on any atom is -0.497 e. The number of hydrogen-bond donors (Lipinski definition) is 1. The standard InChI is InChI=1S/C10H11F2NO2/c1-3-9(14)13-10-7(11)4-6(15-2)5-8(10)12/h4-5H,3H2,1-2H3,(H,13,14). The van der Waals surface area contributed by atoms with Gasteiger partial charge in [-0.3, -0.25) is 4.79 Å². The number of nitrogens with one attached hydrogen (secondary N) is 1. The first-order valence-corrected chi connectivity index (χ1v) is 4.41. The largest absolute Gasteiger partial charge is 0.497 e. The molecule has 1 rings (SSSR count). The Labute approximate surface area is 86.0 Å². The molecule has 0 atom stereocenters. The predicted octanol–water partition coefficient (Wildman–Crippen LogP) is 2.32. The Hall–Kier alpha value is -1.65. The minimum atomic E-state index is -0.853. The van der Waals surface area contributed by atoms with Crippen LogP contribution in [0.5, 0.6) is 5.75 Å². The van der Waals surface area contributed by atoms with Crippen LogP contribution in [0.25, 0.3) is 0 Å². The molecule has 1 aromatic carbocycles. The number of anilines is 1. The molecule has 1 amide bonds. The number of hydrogen-bond acceptors (Lipinski definition) is 2. The number of carbonyl (C=O) groups is 1. The molecule has 0 aliphatic carbocycles. The lowest BCUT2D eigenvalue weighted by Crippen LogP contribution is -2.12. The van der Waals surface area contributed by atoms with Crippen LogP contribution in [0.1, 0.15) is 13.3 Å². The Morgan fingerprint density at radius 1 is 1.40 bits per heavy atom. The maximum atomic E-state index is 13.3. The van der Waals surface area contributed by atoms with Crippen LogP contribution in [0.15, 0.2) is 12.1 Å². The van der Waals surface area contributed by atoms with Crippen LogP contribution in [0.4, 0.5) is 14.5 Å². The second-order valence-corrected chi connectivity index (χ2v) is 2.87. The van der Waals surface area contributed by atoms with Gasteiger partial charge in [-0.2, -0.15) is 0 Å². The summed E-state index contributed by atoms with van der Waals surface area (Å²) < 4.78 is 31.2. The first-order valence-electron chi connectivity index (χ1n) is 4.41. The van der Waals surface area contributed by atoms with Crippen molar-refractivity contribution in [2.45, 2.75) is 13.3 Å². The third kappa shape index (κ3) is 2.65. The van der Waals surface area contributed by atoms with Crippen LogP contribution in [0.3, 0.4) is 0 Å². The molecule has 0 aliphatic heterocycles. The summed E-state index contributed by atoms with van der Waals surface area (Å²) in [5.74, 6) is -2.08. The number of carbonyl (C=O) groups excluding carboxylic acids is 1. The lowest BCUT2D eigenvalue weighted by atomic mass is 10.2. The number of amides is 1. The Balaban J connectivity index is 3.03. The van der Waals surface area contributed by atoms with Gasteiger partial charge in [0.1, 0.15) is 11.4 Å². The molecule has 0 saturated carbocycles. The fraction of sp³-hybridized carbons (Fsp3) is 0.300. The summed E-state index contributed by atoms with van der Waals surface area (Å²) in [7, 11) is 1.30. The Kier molecular flexibility index (Phi) is 3.60. The van der Waals surface area contributed by atoms with Gasteiger partial charge >= 0.3 is 0 Å². The topological polar surface area (TPSA) is 38.3 Å². The van der Waals surface area contributed by atoms with Crippen molar-refractivity contribution in [2.24, 2.45) is 0 Å². The van der Waals surface area contributed by atoms with Crippen molar-refractivity contribution < 1.29 is 18.3 Å². The molecule has 0 aliphatic rings. The second kappa shape index (κ2) is 4.72. The number of methoxy groups -OCH3 is 1. The summed E-state index contributed by atoms with van der Waals surface area (Å²) in [6.07, 6.45) is 0.158. The fourth-order valence-corrected chi connectivity index (χ4v) is 1.01. The average Bonchev–Trinajstić information content (AvgIpc) is 2.22. The molecular weight excluding hydrogens is 204 g/mol. The van der Waals surface area contributed by atoms with Gasteiger partial charge < -0.3 is 10.1 Å². The van der Waals surface area contributed by atoms with Crippen molar-refractivity contribution >= 4 is 11.6 Å². The molecule has 15 heavy (non-hydrogen) atoms. The highest BCUT2D eigenvalue weighted by Crippen LogP contribution is 2.24. The van der Waals surface area contributed by atoms with E-state index in [1.54, 1.807) is 6.92 Å². The summed E-state index contributed by atoms with van der Waals surface area (Å²) in [5.41, 5.74) is -0.442. The molecule has 1 aromatic rings. The first kappa shape index (κ1) is 11.4. The molecule has 0 fully saturated rings. The summed E-state index contributed by atoms with van der Waals surface area (Å²) >= 11 is 0. The van der Waals surface area contributed by atoms with Crippen LogP contribution in [0, 0.1) is 11.6 Å². The van der Waals surface area contributed by atoms with E-state index in [9.17, 15) is 13.6 Å². The van der Waals surface area contributed by atoms with Crippen molar-refractivity contribution in [3.05, 3.63) is 23.8 Å². The highest BCUT2D eigenvalue weighted by atomic mass is 19.1. The van der Waals surface area contributed by atoms with E-state index in [0.29, 0.717) is 0 Å². The van der Waals surface area contributed by atoms with Crippen molar-refractivity contribution in [3.63, 3.8) is 0 Å². The van der Waals surface area contributed by atoms with E-state index in [1.165, 1.54) is 7.11 Å². The van der Waals surface area contributed by atoms with Gasteiger partial charge in [0.05, 0.1) is 7.11 Å². The predicted molar refractivity (Wildman–Crippen MR) is 51.8 cm³/mol. The van der Waals surface area contributed by atoms with Crippen molar-refractivity contribution in [1.82, 2.24) is 0 Å². The van der Waals surface area contributed by atoms with Crippen molar-refractivity contribution in [2.75, 3.05) is 12.4 Å². The third-order valence-corrected chi connectivity index (χ3v) is 1.84. The van der Waals surface area contributed by atoms with E-state index >= 15 is 0 Å². The van der Waals surface area contributed by atoms with Gasteiger partial charge in [-0.25, -0.2) is 8.78 Å². The number of rotatable bonds is 3. The van der Waals surface area contributed by atoms with Gasteiger partial charge in [-0.05, 0) is 0 Å². The SMILES string of the molecule is CCC(=O)Nc1c(F)cc(OC)cc1F. The van der Waals surface area contributed by atoms with Gasteiger partial charge in [-0.1, -0.05) is 6.92 Å². The monoisotopic (exact) mass is 215 g/mol. The molecule has 0 spiro atoms. The summed E-state index contributed by atoms with van der Waals surface area (Å²) in [5, 5.41) is 2.13. The zero-order valence-corrected chi connectivity index (χ0v) is 8.43. The highest BCUT2D eigenvalue weighted by Gasteiger charge is 2.13. The van der Waals surface area contributed by atoms with Gasteiger partial charge in [0.15, 0.2) is 11.6 Å². The van der Waals surface area contributed by atoms with Crippen molar-refractivity contribution in [1.29, 1.82) is 0 Å². The Morgan fingerprint density at radius 2 is 1.93 bits per heavy atom. The molecule has 0 saturated heterocycles. The van der Waals surface area contributed by atoms with E-state index < -0.39 is 23.2 Å². The maximum absolute atomic E-state index is 13.3. The fourth-order valence-electron chi connectivity index (χ4n) is 1.01. The third-order valence-electron chi connectivity index (χ3n) is 1.84. The number of halogens is 2. The Bertz CT molecular complexity index is 357. The van der Waals surface area contributed by atoms with Crippen molar-refractivity contribution in [3.8, 4) is 5.75 Å². The molecule has 1 N–H and O–H groups in total. The Morgan fingerprint density at radius 3 is 2.33 bits per heavy atom. The summed E-state index contributed by atoms with van der Waals surface area (Å²) in [4.78, 5) is 11.0. The highest BCUT2D eigenvalue weighted by molar-refractivity contribution is 5.90. The molecule has 5 heteroatoms. The van der Waals surface area contributed by atoms with Gasteiger partial charge in [-0.15, -0.1) is 0 Å². The zero-order valence-electron chi connectivity index (χ0n) is 8.43. The second-order valence-electron chi connectivity index (χ2n) is 2.87. The van der Waals surface area contributed by atoms with Crippen LogP contribution in [0.2, 0.25) is 0 Å². The van der Waals surface area contributed by atoms with Crippen LogP contribution in [-0.2, 0) is 4.79 Å². The molecule has 0 unspecified atom stereocenters. The normalized spacial score (nSPS) is 9.87. The molecule has 82 valence electrons. The van der Waals surface area contributed by atoms with Crippen LogP contribution in [-0.4, -0.2) is 13.0 Å². The molecular formula is C10H11F2NO2. The van der Waals surface area contributed by atoms with Gasteiger partial charge in [0.25, 0.3) is 0 Å². The van der Waals surface area contributed by atoms with Gasteiger partial charge in [0.2, 0.25) is 5.91 Å². The first-order chi connectivity index (χ1) is 7.08. The number of ether oxygens (including phenoxy) is 1. The number of benzene rings is 1. The molecule has 0 heterocycles. The van der Waals surface area contributed by atoms with E-state index in [0.717, 1.165) is 12.1 Å². The summed E-state index contributed by atoms with van der Waals surface area (Å²) in [6.45, 7) is 1.59. The zero-order chi connectivity index (χ0) is 11.4. The molecule has 0 bridgehead atoms. The summed E-state index contributed by atoms with van der Waals surface area (Å²) in [6, 6.07) is 2.02. The molecule has 0 radical (unpaired) electrons. The van der Waals surface area contributed by atoms with E-state index in [1.807, 2.05) is 0 Å². The van der Waals surface area contributed by atoms with Crippen LogP contribution >= 0.6 is 0 Å². The lowest BCUT2D eigenvalue weighted by molar-refractivity contribution is -0.115. The lowest BCUT2D eigenvalue weighted by Gasteiger charge is -2.08. The van der Waals surface area contributed by atoms with Gasteiger partial charge in [0, 0.05) is 18.6 Å².